The molecule has 2 rings (SSSR count). The Balaban J connectivity index is 2.29. The molecule has 6 heteroatoms. The van der Waals surface area contributed by atoms with Crippen LogP contribution in [-0.4, -0.2) is 15.2 Å². The summed E-state index contributed by atoms with van der Waals surface area (Å²) in [5, 5.41) is -0.629. The van der Waals surface area contributed by atoms with Crippen molar-refractivity contribution >= 4 is 28.2 Å². The molecule has 0 saturated heterocycles. The molecule has 0 bridgehead atoms. The van der Waals surface area contributed by atoms with Crippen LogP contribution in [0, 0.1) is 11.6 Å². The molecule has 0 aliphatic heterocycles. The molecular weight excluding hydrogens is 318 g/mol. The maximum absolute atomic E-state index is 13.2. The maximum Gasteiger partial charge on any atom is 0.178 e. The minimum atomic E-state index is -1.68. The van der Waals surface area contributed by atoms with E-state index in [-0.39, 0.29) is 5.56 Å². The smallest absolute Gasteiger partial charge is 0.178 e. The Morgan fingerprint density at radius 2 is 1.81 bits per heavy atom. The molecule has 2 nitrogen and oxygen atoms in total. The van der Waals surface area contributed by atoms with Crippen LogP contribution in [-0.2, 0) is 10.8 Å². The van der Waals surface area contributed by atoms with Crippen LogP contribution in [0.4, 0.5) is 8.78 Å². The van der Waals surface area contributed by atoms with E-state index in [9.17, 15) is 17.8 Å². The standard InChI is InChI=1S/C15H11ClF2O2S/c1-9(21(20)14-5-3-2-4-11(14)16)15(19)10-6-7-12(17)13(18)8-10/h2-9H,1H3. The van der Waals surface area contributed by atoms with Gasteiger partial charge in [-0.15, -0.1) is 0 Å². The molecule has 2 atom stereocenters. The van der Waals surface area contributed by atoms with Crippen molar-refractivity contribution in [2.45, 2.75) is 17.1 Å². The molecule has 110 valence electrons. The third-order valence-corrected chi connectivity index (χ3v) is 5.04. The first-order chi connectivity index (χ1) is 9.91. The topological polar surface area (TPSA) is 34.1 Å². The van der Waals surface area contributed by atoms with Gasteiger partial charge in [0.05, 0.1) is 26.0 Å². The zero-order valence-electron chi connectivity index (χ0n) is 11.0. The quantitative estimate of drug-likeness (QED) is 0.795. The first kappa shape index (κ1) is 15.8. The molecule has 2 unspecified atom stereocenters. The Morgan fingerprint density at radius 1 is 1.14 bits per heavy atom. The second-order valence-electron chi connectivity index (χ2n) is 4.36. The van der Waals surface area contributed by atoms with Crippen LogP contribution in [0.15, 0.2) is 47.4 Å². The highest BCUT2D eigenvalue weighted by molar-refractivity contribution is 7.86. The highest BCUT2D eigenvalue weighted by atomic mass is 35.5. The van der Waals surface area contributed by atoms with Gasteiger partial charge in [0, 0.05) is 5.56 Å². The molecule has 0 aliphatic carbocycles. The van der Waals surface area contributed by atoms with Gasteiger partial charge in [-0.25, -0.2) is 8.78 Å². The normalized spacial score (nSPS) is 13.7. The van der Waals surface area contributed by atoms with E-state index >= 15 is 0 Å². The molecule has 0 spiro atoms. The molecule has 0 radical (unpaired) electrons. The molecule has 0 saturated carbocycles. The second-order valence-corrected chi connectivity index (χ2v) is 6.51. The fraction of sp³-hybridized carbons (Fsp3) is 0.133. The summed E-state index contributed by atoms with van der Waals surface area (Å²) in [6.07, 6.45) is 0. The molecule has 0 aliphatic rings. The fourth-order valence-electron chi connectivity index (χ4n) is 1.78. The summed E-state index contributed by atoms with van der Waals surface area (Å²) in [5.74, 6) is -2.69. The van der Waals surface area contributed by atoms with E-state index in [1.165, 1.54) is 13.0 Å². The van der Waals surface area contributed by atoms with Crippen LogP contribution >= 0.6 is 11.6 Å². The molecule has 2 aromatic rings. The minimum Gasteiger partial charge on any atom is -0.293 e. The van der Waals surface area contributed by atoms with Crippen molar-refractivity contribution in [2.75, 3.05) is 0 Å². The van der Waals surface area contributed by atoms with E-state index < -0.39 is 33.5 Å². The molecule has 0 amide bonds. The molecule has 21 heavy (non-hydrogen) atoms. The van der Waals surface area contributed by atoms with E-state index in [0.29, 0.717) is 9.92 Å². The predicted molar refractivity (Wildman–Crippen MR) is 78.0 cm³/mol. The van der Waals surface area contributed by atoms with Crippen molar-refractivity contribution in [3.63, 3.8) is 0 Å². The van der Waals surface area contributed by atoms with Gasteiger partial charge in [0.25, 0.3) is 0 Å². The van der Waals surface area contributed by atoms with E-state index in [2.05, 4.69) is 0 Å². The van der Waals surface area contributed by atoms with Crippen molar-refractivity contribution in [3.05, 3.63) is 64.7 Å². The highest BCUT2D eigenvalue weighted by Crippen LogP contribution is 2.23. The summed E-state index contributed by atoms with van der Waals surface area (Å²) >= 11 is 5.95. The minimum absolute atomic E-state index is 0.0261. The van der Waals surface area contributed by atoms with Gasteiger partial charge >= 0.3 is 0 Å². The molecule has 0 aromatic heterocycles. The molecule has 2 aromatic carbocycles. The van der Waals surface area contributed by atoms with Gasteiger partial charge in [0.2, 0.25) is 0 Å². The second kappa shape index (κ2) is 6.45. The molecular formula is C15H11ClF2O2S. The van der Waals surface area contributed by atoms with Crippen LogP contribution in [0.5, 0.6) is 0 Å². The first-order valence-electron chi connectivity index (χ1n) is 6.06. The van der Waals surface area contributed by atoms with E-state index in [0.717, 1.165) is 12.1 Å². The van der Waals surface area contributed by atoms with Crippen LogP contribution in [0.1, 0.15) is 17.3 Å². The van der Waals surface area contributed by atoms with Crippen molar-refractivity contribution in [1.29, 1.82) is 0 Å². The Hall–Kier alpha value is -1.59. The van der Waals surface area contributed by atoms with Crippen LogP contribution in [0.25, 0.3) is 0 Å². The number of carbonyl (C=O) groups excluding carboxylic acids is 1. The van der Waals surface area contributed by atoms with E-state index in [1.54, 1.807) is 24.3 Å². The molecule has 0 heterocycles. The number of rotatable bonds is 4. The van der Waals surface area contributed by atoms with E-state index in [4.69, 9.17) is 11.6 Å². The van der Waals surface area contributed by atoms with Crippen molar-refractivity contribution < 1.29 is 17.8 Å². The Bertz CT molecular complexity index is 719. The lowest BCUT2D eigenvalue weighted by molar-refractivity contribution is 0.0992. The van der Waals surface area contributed by atoms with Crippen LogP contribution in [0.2, 0.25) is 5.02 Å². The lowest BCUT2D eigenvalue weighted by Crippen LogP contribution is -2.23. The van der Waals surface area contributed by atoms with Gasteiger partial charge in [0.15, 0.2) is 17.4 Å². The monoisotopic (exact) mass is 328 g/mol. The zero-order valence-corrected chi connectivity index (χ0v) is 12.5. The number of benzene rings is 2. The van der Waals surface area contributed by atoms with Gasteiger partial charge in [-0.1, -0.05) is 23.7 Å². The zero-order chi connectivity index (χ0) is 15.6. The molecule has 0 N–H and O–H groups in total. The average molecular weight is 329 g/mol. The third-order valence-electron chi connectivity index (χ3n) is 2.95. The van der Waals surface area contributed by atoms with Gasteiger partial charge in [-0.05, 0) is 37.3 Å². The number of carbonyl (C=O) groups is 1. The molecule has 0 fully saturated rings. The van der Waals surface area contributed by atoms with Crippen molar-refractivity contribution in [1.82, 2.24) is 0 Å². The number of ketones is 1. The van der Waals surface area contributed by atoms with Crippen molar-refractivity contribution in [2.24, 2.45) is 0 Å². The van der Waals surface area contributed by atoms with Crippen LogP contribution < -0.4 is 0 Å². The summed E-state index contributed by atoms with van der Waals surface area (Å²) in [7, 11) is -1.68. The highest BCUT2D eigenvalue weighted by Gasteiger charge is 2.24. The number of hydrogen-bond donors (Lipinski definition) is 0. The Morgan fingerprint density at radius 3 is 2.43 bits per heavy atom. The number of halogens is 3. The van der Waals surface area contributed by atoms with Gasteiger partial charge in [-0.2, -0.15) is 0 Å². The first-order valence-corrected chi connectivity index (χ1v) is 7.65. The average Bonchev–Trinajstić information content (AvgIpc) is 2.48. The summed E-state index contributed by atoms with van der Waals surface area (Å²) in [6.45, 7) is 1.46. The van der Waals surface area contributed by atoms with Gasteiger partial charge in [-0.3, -0.25) is 9.00 Å². The number of Topliss-reactive ketones (excluding diaryl/α,β-unsaturated/α-hetero) is 1. The Labute approximate surface area is 128 Å². The Kier molecular flexibility index (Phi) is 4.85. The summed E-state index contributed by atoms with van der Waals surface area (Å²) in [4.78, 5) is 12.5. The maximum atomic E-state index is 13.2. The van der Waals surface area contributed by atoms with Crippen molar-refractivity contribution in [3.8, 4) is 0 Å². The largest absolute Gasteiger partial charge is 0.293 e. The summed E-state index contributed by atoms with van der Waals surface area (Å²) in [5.41, 5.74) is -0.0261. The lowest BCUT2D eigenvalue weighted by Gasteiger charge is -2.12. The number of hydrogen-bond acceptors (Lipinski definition) is 2. The van der Waals surface area contributed by atoms with E-state index in [1.807, 2.05) is 0 Å². The summed E-state index contributed by atoms with van der Waals surface area (Å²) in [6, 6.07) is 9.32. The third kappa shape index (κ3) is 3.36. The van der Waals surface area contributed by atoms with Gasteiger partial charge in [0.1, 0.15) is 0 Å². The summed E-state index contributed by atoms with van der Waals surface area (Å²) < 4.78 is 38.4. The van der Waals surface area contributed by atoms with Crippen LogP contribution in [0.3, 0.4) is 0 Å². The predicted octanol–water partition coefficient (Wildman–Crippen LogP) is 4.00. The SMILES string of the molecule is CC(C(=O)c1ccc(F)c(F)c1)S(=O)c1ccccc1Cl. The lowest BCUT2D eigenvalue weighted by atomic mass is 10.1. The van der Waals surface area contributed by atoms with Gasteiger partial charge < -0.3 is 0 Å². The fourth-order valence-corrected chi connectivity index (χ4v) is 3.33.